The van der Waals surface area contributed by atoms with Crippen LogP contribution in [0.2, 0.25) is 5.02 Å². The number of nitrogens with one attached hydrogen (secondary N) is 1. The van der Waals surface area contributed by atoms with E-state index in [1.807, 2.05) is 0 Å². The second-order valence-corrected chi connectivity index (χ2v) is 8.91. The highest BCUT2D eigenvalue weighted by Crippen LogP contribution is 2.28. The molecule has 26 heavy (non-hydrogen) atoms. The Hall–Kier alpha value is -1.68. The molecule has 1 aliphatic rings. The molecule has 2 heterocycles. The second kappa shape index (κ2) is 8.34. The highest BCUT2D eigenvalue weighted by molar-refractivity contribution is 7.99. The van der Waals surface area contributed by atoms with Crippen LogP contribution in [-0.2, 0) is 14.8 Å². The van der Waals surface area contributed by atoms with E-state index in [0.29, 0.717) is 18.2 Å². The van der Waals surface area contributed by atoms with Crippen LogP contribution in [0.4, 0.5) is 5.69 Å². The number of benzene rings is 1. The fourth-order valence-corrected chi connectivity index (χ4v) is 4.83. The SMILES string of the molecule is O=C(CSc1ncccn1)Nc1cc(S(=O)(=O)N2CCCC2)ccc1Cl. The third-order valence-electron chi connectivity index (χ3n) is 3.79. The molecule has 1 aliphatic heterocycles. The number of hydrogen-bond donors (Lipinski definition) is 1. The molecule has 138 valence electrons. The average Bonchev–Trinajstić information content (AvgIpc) is 3.18. The molecule has 0 spiro atoms. The minimum absolute atomic E-state index is 0.0868. The third kappa shape index (κ3) is 4.53. The molecule has 0 radical (unpaired) electrons. The molecule has 0 aliphatic carbocycles. The molecule has 10 heteroatoms. The second-order valence-electron chi connectivity index (χ2n) is 5.62. The third-order valence-corrected chi connectivity index (χ3v) is 6.89. The Morgan fingerprint density at radius 2 is 1.92 bits per heavy atom. The van der Waals surface area contributed by atoms with E-state index in [1.54, 1.807) is 18.5 Å². The lowest BCUT2D eigenvalue weighted by Crippen LogP contribution is -2.28. The minimum atomic E-state index is -3.57. The maximum absolute atomic E-state index is 12.6. The first-order valence-corrected chi connectivity index (χ1v) is 10.8. The van der Waals surface area contributed by atoms with Crippen molar-refractivity contribution < 1.29 is 13.2 Å². The van der Waals surface area contributed by atoms with Crippen molar-refractivity contribution in [3.63, 3.8) is 0 Å². The fourth-order valence-electron chi connectivity index (χ4n) is 2.51. The van der Waals surface area contributed by atoms with Crippen molar-refractivity contribution in [3.8, 4) is 0 Å². The smallest absolute Gasteiger partial charge is 0.243 e. The Labute approximate surface area is 161 Å². The first-order chi connectivity index (χ1) is 12.5. The maximum Gasteiger partial charge on any atom is 0.243 e. The number of amides is 1. The minimum Gasteiger partial charge on any atom is -0.324 e. The molecule has 1 saturated heterocycles. The molecule has 1 amide bonds. The van der Waals surface area contributed by atoms with E-state index in [-0.39, 0.29) is 27.3 Å². The van der Waals surface area contributed by atoms with Crippen molar-refractivity contribution in [1.82, 2.24) is 14.3 Å². The highest BCUT2D eigenvalue weighted by atomic mass is 35.5. The van der Waals surface area contributed by atoms with Crippen molar-refractivity contribution in [2.45, 2.75) is 22.9 Å². The fraction of sp³-hybridized carbons (Fsp3) is 0.312. The van der Waals surface area contributed by atoms with E-state index in [0.717, 1.165) is 12.8 Å². The molecule has 1 aromatic carbocycles. The van der Waals surface area contributed by atoms with E-state index in [2.05, 4.69) is 15.3 Å². The van der Waals surface area contributed by atoms with E-state index in [1.165, 1.54) is 34.3 Å². The number of hydrogen-bond acceptors (Lipinski definition) is 6. The van der Waals surface area contributed by atoms with Crippen LogP contribution in [0.3, 0.4) is 0 Å². The molecular weight excluding hydrogens is 396 g/mol. The lowest BCUT2D eigenvalue weighted by atomic mass is 10.3. The van der Waals surface area contributed by atoms with Crippen LogP contribution in [-0.4, -0.2) is 47.4 Å². The molecular formula is C16H17ClN4O3S2. The van der Waals surface area contributed by atoms with E-state index in [4.69, 9.17) is 11.6 Å². The number of sulfonamides is 1. The lowest BCUT2D eigenvalue weighted by Gasteiger charge is -2.16. The molecule has 0 atom stereocenters. The first kappa shape index (κ1) is 19.1. The summed E-state index contributed by atoms with van der Waals surface area (Å²) in [4.78, 5) is 20.3. The monoisotopic (exact) mass is 412 g/mol. The molecule has 0 bridgehead atoms. The highest BCUT2D eigenvalue weighted by Gasteiger charge is 2.27. The van der Waals surface area contributed by atoms with Crippen LogP contribution in [0.1, 0.15) is 12.8 Å². The average molecular weight is 413 g/mol. The van der Waals surface area contributed by atoms with Crippen LogP contribution in [0.15, 0.2) is 46.7 Å². The quantitative estimate of drug-likeness (QED) is 0.579. The zero-order valence-corrected chi connectivity index (χ0v) is 16.1. The lowest BCUT2D eigenvalue weighted by molar-refractivity contribution is -0.113. The Morgan fingerprint density at radius 1 is 1.23 bits per heavy atom. The predicted molar refractivity (Wildman–Crippen MR) is 101 cm³/mol. The number of thioether (sulfide) groups is 1. The number of carbonyl (C=O) groups excluding carboxylic acids is 1. The molecule has 1 N–H and O–H groups in total. The van der Waals surface area contributed by atoms with Gasteiger partial charge >= 0.3 is 0 Å². The Balaban J connectivity index is 1.70. The van der Waals surface area contributed by atoms with E-state index in [9.17, 15) is 13.2 Å². The van der Waals surface area contributed by atoms with Crippen molar-refractivity contribution in [3.05, 3.63) is 41.7 Å². The summed E-state index contributed by atoms with van der Waals surface area (Å²) in [6, 6.07) is 6.03. The van der Waals surface area contributed by atoms with Crippen molar-refractivity contribution in [2.75, 3.05) is 24.2 Å². The van der Waals surface area contributed by atoms with Crippen LogP contribution >= 0.6 is 23.4 Å². The Kier molecular flexibility index (Phi) is 6.13. The topological polar surface area (TPSA) is 92.3 Å². The van der Waals surface area contributed by atoms with Gasteiger partial charge in [0.15, 0.2) is 5.16 Å². The van der Waals surface area contributed by atoms with E-state index < -0.39 is 10.0 Å². The summed E-state index contributed by atoms with van der Waals surface area (Å²) in [6.07, 6.45) is 4.90. The number of anilines is 1. The summed E-state index contributed by atoms with van der Waals surface area (Å²) in [6.45, 7) is 1.03. The van der Waals surface area contributed by atoms with Gasteiger partial charge in [-0.05, 0) is 37.1 Å². The summed E-state index contributed by atoms with van der Waals surface area (Å²) in [5, 5.41) is 3.42. The van der Waals surface area contributed by atoms with Gasteiger partial charge in [0.1, 0.15) is 0 Å². The molecule has 1 aromatic heterocycles. The van der Waals surface area contributed by atoms with Gasteiger partial charge in [0.25, 0.3) is 0 Å². The number of aromatic nitrogens is 2. The van der Waals surface area contributed by atoms with Crippen molar-refractivity contribution >= 4 is 45.0 Å². The standard InChI is InChI=1S/C16H17ClN4O3S2/c17-13-5-4-12(26(23,24)21-8-1-2-9-21)10-14(13)20-15(22)11-25-16-18-6-3-7-19-16/h3-7,10H,1-2,8-9,11H2,(H,20,22). The summed E-state index contributed by atoms with van der Waals surface area (Å²) in [5.74, 6) is -0.233. The molecule has 1 fully saturated rings. The zero-order valence-electron chi connectivity index (χ0n) is 13.8. The van der Waals surface area contributed by atoms with Gasteiger partial charge in [-0.1, -0.05) is 23.4 Å². The number of rotatable bonds is 6. The predicted octanol–water partition coefficient (Wildman–Crippen LogP) is 2.65. The van der Waals surface area contributed by atoms with E-state index >= 15 is 0 Å². The van der Waals surface area contributed by atoms with Gasteiger partial charge in [-0.3, -0.25) is 4.79 Å². The first-order valence-electron chi connectivity index (χ1n) is 7.96. The zero-order chi connectivity index (χ0) is 18.6. The molecule has 0 unspecified atom stereocenters. The molecule has 0 saturated carbocycles. The number of nitrogens with zero attached hydrogens (tertiary/aromatic N) is 3. The van der Waals surface area contributed by atoms with Gasteiger partial charge in [0.05, 0.1) is 21.4 Å². The van der Waals surface area contributed by atoms with Crippen LogP contribution in [0.25, 0.3) is 0 Å². The van der Waals surface area contributed by atoms with Crippen molar-refractivity contribution in [1.29, 1.82) is 0 Å². The number of carbonyl (C=O) groups is 1. The van der Waals surface area contributed by atoms with Gasteiger partial charge in [-0.25, -0.2) is 18.4 Å². The Morgan fingerprint density at radius 3 is 2.62 bits per heavy atom. The van der Waals surface area contributed by atoms with Gasteiger partial charge in [0, 0.05) is 25.5 Å². The molecule has 7 nitrogen and oxygen atoms in total. The van der Waals surface area contributed by atoms with Gasteiger partial charge in [-0.2, -0.15) is 4.31 Å². The van der Waals surface area contributed by atoms with Gasteiger partial charge in [0.2, 0.25) is 15.9 Å². The summed E-state index contributed by atoms with van der Waals surface area (Å²) >= 11 is 7.29. The number of halogens is 1. The van der Waals surface area contributed by atoms with Crippen molar-refractivity contribution in [2.24, 2.45) is 0 Å². The maximum atomic E-state index is 12.6. The Bertz CT molecular complexity index is 888. The molecule has 2 aromatic rings. The van der Waals surface area contributed by atoms with Crippen LogP contribution in [0, 0.1) is 0 Å². The summed E-state index contributed by atoms with van der Waals surface area (Å²) in [5.41, 5.74) is 0.270. The summed E-state index contributed by atoms with van der Waals surface area (Å²) in [7, 11) is -3.57. The van der Waals surface area contributed by atoms with Crippen LogP contribution < -0.4 is 5.32 Å². The normalized spacial score (nSPS) is 15.1. The largest absolute Gasteiger partial charge is 0.324 e. The van der Waals surface area contributed by atoms with Gasteiger partial charge in [-0.15, -0.1) is 0 Å². The molecule has 3 rings (SSSR count). The van der Waals surface area contributed by atoms with Crippen LogP contribution in [0.5, 0.6) is 0 Å². The van der Waals surface area contributed by atoms with Gasteiger partial charge < -0.3 is 5.32 Å². The summed E-state index contributed by atoms with van der Waals surface area (Å²) < 4.78 is 26.7.